The van der Waals surface area contributed by atoms with E-state index in [4.69, 9.17) is 17.2 Å². The van der Waals surface area contributed by atoms with Gasteiger partial charge in [0.15, 0.2) is 5.78 Å². The lowest BCUT2D eigenvalue weighted by molar-refractivity contribution is -0.145. The molecule has 11 N–H and O–H groups in total. The number of aliphatic hydroxyl groups is 1. The van der Waals surface area contributed by atoms with Crippen molar-refractivity contribution in [2.75, 3.05) is 45.8 Å². The highest BCUT2D eigenvalue weighted by molar-refractivity contribution is 7.78. The van der Waals surface area contributed by atoms with E-state index in [1.807, 2.05) is 30.6 Å². The first kappa shape index (κ1) is 47.7. The van der Waals surface area contributed by atoms with Crippen molar-refractivity contribution in [3.63, 3.8) is 0 Å². The Hall–Kier alpha value is -2.37. The first-order valence-corrected chi connectivity index (χ1v) is 19.0. The molecule has 0 aromatic rings. The van der Waals surface area contributed by atoms with Crippen LogP contribution < -0.4 is 38.5 Å². The molecule has 0 saturated carbocycles. The quantitative estimate of drug-likeness (QED) is 0.0534. The van der Waals surface area contributed by atoms with Gasteiger partial charge in [0.05, 0.1) is 29.7 Å². The minimum absolute atomic E-state index is 0.0220. The number of ketones is 1. The van der Waals surface area contributed by atoms with Gasteiger partial charge in [-0.2, -0.15) is 0 Å². The van der Waals surface area contributed by atoms with Crippen LogP contribution in [-0.2, 0) is 19.2 Å². The van der Waals surface area contributed by atoms with E-state index < -0.39 is 46.6 Å². The van der Waals surface area contributed by atoms with Crippen LogP contribution in [0, 0.1) is 5.41 Å². The number of hydrogen-bond donors (Lipinski definition) is 8. The molecule has 1 rings (SSSR count). The van der Waals surface area contributed by atoms with Crippen LogP contribution in [-0.4, -0.2) is 131 Å². The third-order valence-corrected chi connectivity index (χ3v) is 10.9. The van der Waals surface area contributed by atoms with Crippen LogP contribution >= 0.6 is 12.2 Å². The second-order valence-corrected chi connectivity index (χ2v) is 17.1. The van der Waals surface area contributed by atoms with Gasteiger partial charge >= 0.3 is 0 Å². The smallest absolute Gasteiger partial charge is 0.242 e. The number of carbonyl (C=O) groups excluding carboxylic acids is 4. The summed E-state index contributed by atoms with van der Waals surface area (Å²) in [5.41, 5.74) is 18.1. The molecule has 4 unspecified atom stereocenters. The molecule has 4 atom stereocenters. The normalized spacial score (nSPS) is 19.0. The molecule has 1 heterocycles. The molecule has 1 fully saturated rings. The summed E-state index contributed by atoms with van der Waals surface area (Å²) in [6.45, 7) is 22.1. The molecule has 3 amide bonds. The number of nitrogens with one attached hydrogen (secondary N) is 4. The van der Waals surface area contributed by atoms with Gasteiger partial charge in [0, 0.05) is 62.4 Å². The number of hydrogen-bond acceptors (Lipinski definition) is 12. The second-order valence-electron chi connectivity index (χ2n) is 16.8. The number of nitrogens with two attached hydrogens (primary N) is 3. The van der Waals surface area contributed by atoms with Crippen molar-refractivity contribution >= 4 is 41.2 Å². The predicted molar refractivity (Wildman–Crippen MR) is 212 cm³/mol. The maximum atomic E-state index is 14.3. The van der Waals surface area contributed by atoms with Gasteiger partial charge in [-0.1, -0.05) is 31.6 Å². The first-order valence-electron chi connectivity index (χ1n) is 18.6. The number of nitrogens with zero attached hydrogens (tertiary/aromatic N) is 2. The number of thiocarbonyl (C=S) groups is 1. The summed E-state index contributed by atoms with van der Waals surface area (Å²) >= 11 is 4.62. The van der Waals surface area contributed by atoms with E-state index in [1.165, 1.54) is 0 Å². The van der Waals surface area contributed by atoms with Crippen molar-refractivity contribution in [3.8, 4) is 0 Å². The highest BCUT2D eigenvalue weighted by atomic mass is 32.1. The van der Waals surface area contributed by atoms with Gasteiger partial charge < -0.3 is 48.1 Å². The van der Waals surface area contributed by atoms with E-state index in [-0.39, 0.29) is 49.3 Å². The fraction of sp³-hybridized carbons (Fsp3) is 0.811. The Morgan fingerprint density at radius 1 is 1.06 bits per heavy atom. The lowest BCUT2D eigenvalue weighted by atomic mass is 9.70. The first-order chi connectivity index (χ1) is 23.9. The zero-order chi connectivity index (χ0) is 40.1. The van der Waals surface area contributed by atoms with E-state index in [1.54, 1.807) is 13.0 Å². The monoisotopic (exact) mass is 754 g/mol. The molecule has 0 aromatic carbocycles. The van der Waals surface area contributed by atoms with Crippen molar-refractivity contribution in [1.82, 2.24) is 31.1 Å². The van der Waals surface area contributed by atoms with Gasteiger partial charge in [0.25, 0.3) is 0 Å². The summed E-state index contributed by atoms with van der Waals surface area (Å²) in [5, 5.41) is 22.7. The van der Waals surface area contributed by atoms with Crippen molar-refractivity contribution in [3.05, 3.63) is 11.6 Å². The zero-order valence-corrected chi connectivity index (χ0v) is 34.4. The number of amides is 3. The maximum absolute atomic E-state index is 14.3. The average molecular weight is 754 g/mol. The summed E-state index contributed by atoms with van der Waals surface area (Å²) in [7, 11) is 0. The molecule has 1 aliphatic heterocycles. The summed E-state index contributed by atoms with van der Waals surface area (Å²) in [6, 6.07) is -2.17. The van der Waals surface area contributed by atoms with E-state index in [2.05, 4.69) is 75.0 Å². The topological polar surface area (TPSA) is 221 Å². The summed E-state index contributed by atoms with van der Waals surface area (Å²) in [6.07, 6.45) is 4.49. The second kappa shape index (κ2) is 20.9. The van der Waals surface area contributed by atoms with Crippen LogP contribution in [0.5, 0.6) is 0 Å². The largest absolute Gasteiger partial charge is 0.390 e. The lowest BCUT2D eigenvalue weighted by Crippen LogP contribution is -2.62. The molecule has 14 nitrogen and oxygen atoms in total. The Labute approximate surface area is 318 Å². The molecule has 0 spiro atoms. The Balaban J connectivity index is 3.08. The third-order valence-electron chi connectivity index (χ3n) is 10.8. The number of allylic oxidation sites excluding steroid dienone is 2. The van der Waals surface area contributed by atoms with E-state index >= 15 is 0 Å². The van der Waals surface area contributed by atoms with Crippen LogP contribution in [0.1, 0.15) is 101 Å². The van der Waals surface area contributed by atoms with E-state index in [0.29, 0.717) is 32.5 Å². The number of rotatable bonds is 23. The highest BCUT2D eigenvalue weighted by Gasteiger charge is 2.48. The zero-order valence-electron chi connectivity index (χ0n) is 33.6. The van der Waals surface area contributed by atoms with Crippen LogP contribution in [0.25, 0.3) is 0 Å². The molecule has 0 aromatic heterocycles. The van der Waals surface area contributed by atoms with Crippen LogP contribution in [0.4, 0.5) is 0 Å². The summed E-state index contributed by atoms with van der Waals surface area (Å²) in [4.78, 5) is 55.1. The fourth-order valence-corrected chi connectivity index (χ4v) is 6.66. The molecule has 0 radical (unpaired) electrons. The molecule has 1 aliphatic rings. The molecule has 300 valence electrons. The molecule has 0 aliphatic carbocycles. The number of aliphatic hydroxyl groups excluding tert-OH is 1. The van der Waals surface area contributed by atoms with Crippen LogP contribution in [0.2, 0.25) is 0 Å². The molecular weight excluding hydrogens is 683 g/mol. The SMILES string of the molecule is CC(=O)/C=C(\C)CCCC(C)(C)N(CCC(C)(C)C(C)(C)N1CCC(C)(C)NC(CNCC(O)CNCC(N)C(=O)NC=S)C1=O)C(=O)C(N)CN. The lowest BCUT2D eigenvalue weighted by Gasteiger charge is -2.51. The molecule has 0 bridgehead atoms. The standard InChI is InChI=1S/C37H71N9O5S/c1-25(18-26(2)47)12-11-13-36(7,8)45(32(50)28(39)19-38)16-14-34(3,4)37(9,10)46-17-15-35(5,6)44-30(33(46)51)23-42-21-27(48)20-41-22-29(40)31(49)43-24-52/h18,24,27-30,41-42,44,48H,11-17,19-23,38-40H2,1-10H3,(H,43,49,52)/b25-18+. The van der Waals surface area contributed by atoms with Gasteiger partial charge in [-0.25, -0.2) is 0 Å². The summed E-state index contributed by atoms with van der Waals surface area (Å²) < 4.78 is 0. The van der Waals surface area contributed by atoms with Gasteiger partial charge in [-0.05, 0) is 99.0 Å². The van der Waals surface area contributed by atoms with Crippen molar-refractivity contribution < 1.29 is 24.3 Å². The van der Waals surface area contributed by atoms with E-state index in [9.17, 15) is 24.3 Å². The third kappa shape index (κ3) is 14.8. The van der Waals surface area contributed by atoms with Crippen molar-refractivity contribution in [2.45, 2.75) is 142 Å². The minimum Gasteiger partial charge on any atom is -0.390 e. The van der Waals surface area contributed by atoms with Crippen LogP contribution in [0.3, 0.4) is 0 Å². The fourth-order valence-electron chi connectivity index (χ4n) is 6.55. The predicted octanol–water partition coefficient (Wildman–Crippen LogP) is 0.690. The minimum atomic E-state index is -0.822. The van der Waals surface area contributed by atoms with Gasteiger partial charge in [-0.15, -0.1) is 0 Å². The van der Waals surface area contributed by atoms with Gasteiger partial charge in [0.2, 0.25) is 17.7 Å². The van der Waals surface area contributed by atoms with E-state index in [0.717, 1.165) is 30.3 Å². The van der Waals surface area contributed by atoms with Gasteiger partial charge in [0.1, 0.15) is 0 Å². The summed E-state index contributed by atoms with van der Waals surface area (Å²) in [5.74, 6) is -0.615. The maximum Gasteiger partial charge on any atom is 0.242 e. The Morgan fingerprint density at radius 2 is 1.67 bits per heavy atom. The van der Waals surface area contributed by atoms with Crippen molar-refractivity contribution in [2.24, 2.45) is 22.6 Å². The molecule has 52 heavy (non-hydrogen) atoms. The Morgan fingerprint density at radius 3 is 2.25 bits per heavy atom. The molecule has 1 saturated heterocycles. The highest BCUT2D eigenvalue weighted by Crippen LogP contribution is 2.41. The average Bonchev–Trinajstić information content (AvgIpc) is 3.14. The number of carbonyl (C=O) groups is 4. The van der Waals surface area contributed by atoms with Gasteiger partial charge in [-0.3, -0.25) is 24.5 Å². The molecule has 15 heteroatoms. The Bertz CT molecular complexity index is 1240. The Kier molecular flexibility index (Phi) is 19.2. The molecular formula is C37H71N9O5S. The van der Waals surface area contributed by atoms with Crippen molar-refractivity contribution in [1.29, 1.82) is 0 Å². The van der Waals surface area contributed by atoms with Crippen LogP contribution in [0.15, 0.2) is 11.6 Å².